The predicted octanol–water partition coefficient (Wildman–Crippen LogP) is 2.45. The van der Waals surface area contributed by atoms with Gasteiger partial charge in [0, 0.05) is 12.0 Å². The molecule has 0 aliphatic carbocycles. The monoisotopic (exact) mass is 156 g/mol. The third-order valence-electron chi connectivity index (χ3n) is 1.56. The van der Waals surface area contributed by atoms with E-state index in [1.54, 1.807) is 6.92 Å². The van der Waals surface area contributed by atoms with Crippen molar-refractivity contribution >= 4 is 5.78 Å². The fourth-order valence-corrected chi connectivity index (χ4v) is 0.743. The second-order valence-corrected chi connectivity index (χ2v) is 3.23. The number of Topliss-reactive ketones (excluding diaryl/α,β-unsaturated/α-hetero) is 1. The van der Waals surface area contributed by atoms with Crippen molar-refractivity contribution in [1.82, 2.24) is 0 Å². The molecule has 0 aromatic carbocycles. The number of carbonyl (C=O) groups excluding carboxylic acids is 1. The average Bonchev–Trinajstić information content (AvgIpc) is 1.84. The maximum absolute atomic E-state index is 10.7. The molecule has 0 atom stereocenters. The van der Waals surface area contributed by atoms with Crippen molar-refractivity contribution in [2.24, 2.45) is 5.92 Å². The highest BCUT2D eigenvalue weighted by Gasteiger charge is 2.06. The summed E-state index contributed by atoms with van der Waals surface area (Å²) < 4.78 is 0. The number of ketones is 1. The van der Waals surface area contributed by atoms with Gasteiger partial charge in [-0.1, -0.05) is 13.8 Å². The van der Waals surface area contributed by atoms with Gasteiger partial charge < -0.3 is 5.11 Å². The van der Waals surface area contributed by atoms with Crippen LogP contribution in [0.5, 0.6) is 0 Å². The number of aliphatic hydroxyl groups is 1. The largest absolute Gasteiger partial charge is 0.512 e. The van der Waals surface area contributed by atoms with Crippen molar-refractivity contribution in [3.63, 3.8) is 0 Å². The maximum Gasteiger partial charge on any atom is 0.158 e. The SMILES string of the molecule is CC(=O)/C(C)=C(\O)CC(C)C. The van der Waals surface area contributed by atoms with Gasteiger partial charge in [-0.2, -0.15) is 0 Å². The van der Waals surface area contributed by atoms with E-state index in [9.17, 15) is 9.90 Å². The summed E-state index contributed by atoms with van der Waals surface area (Å²) in [5, 5.41) is 9.32. The van der Waals surface area contributed by atoms with Crippen molar-refractivity contribution in [2.45, 2.75) is 34.1 Å². The molecule has 0 saturated carbocycles. The van der Waals surface area contributed by atoms with E-state index in [2.05, 4.69) is 0 Å². The zero-order chi connectivity index (χ0) is 9.02. The smallest absolute Gasteiger partial charge is 0.158 e. The molecule has 0 saturated heterocycles. The number of allylic oxidation sites excluding steroid dienone is 2. The van der Waals surface area contributed by atoms with Gasteiger partial charge in [0.25, 0.3) is 0 Å². The van der Waals surface area contributed by atoms with E-state index in [0.29, 0.717) is 17.9 Å². The van der Waals surface area contributed by atoms with Crippen LogP contribution in [0.3, 0.4) is 0 Å². The summed E-state index contributed by atoms with van der Waals surface area (Å²) >= 11 is 0. The first-order chi connectivity index (χ1) is 4.95. The van der Waals surface area contributed by atoms with Gasteiger partial charge in [-0.25, -0.2) is 0 Å². The Morgan fingerprint density at radius 1 is 1.36 bits per heavy atom. The van der Waals surface area contributed by atoms with Crippen molar-refractivity contribution in [1.29, 1.82) is 0 Å². The minimum absolute atomic E-state index is 0.0526. The molecule has 0 bridgehead atoms. The number of hydrogen-bond acceptors (Lipinski definition) is 2. The summed E-state index contributed by atoms with van der Waals surface area (Å²) in [6, 6.07) is 0. The molecule has 2 nitrogen and oxygen atoms in total. The summed E-state index contributed by atoms with van der Waals surface area (Å²) in [6.45, 7) is 7.12. The quantitative estimate of drug-likeness (QED) is 0.503. The summed E-state index contributed by atoms with van der Waals surface area (Å²) in [5.41, 5.74) is 0.485. The van der Waals surface area contributed by atoms with Gasteiger partial charge in [-0.05, 0) is 19.8 Å². The van der Waals surface area contributed by atoms with Crippen molar-refractivity contribution in [2.75, 3.05) is 0 Å². The number of carbonyl (C=O) groups is 1. The zero-order valence-corrected chi connectivity index (χ0v) is 7.64. The molecule has 0 rings (SSSR count). The molecule has 2 heteroatoms. The van der Waals surface area contributed by atoms with Gasteiger partial charge >= 0.3 is 0 Å². The zero-order valence-electron chi connectivity index (χ0n) is 7.64. The molecule has 0 aromatic heterocycles. The van der Waals surface area contributed by atoms with Crippen LogP contribution >= 0.6 is 0 Å². The Morgan fingerprint density at radius 2 is 1.82 bits per heavy atom. The van der Waals surface area contributed by atoms with Crippen molar-refractivity contribution < 1.29 is 9.90 Å². The Balaban J connectivity index is 4.28. The Morgan fingerprint density at radius 3 is 2.09 bits per heavy atom. The molecule has 0 aliphatic heterocycles. The molecule has 11 heavy (non-hydrogen) atoms. The normalized spacial score (nSPS) is 13.2. The third-order valence-corrected chi connectivity index (χ3v) is 1.56. The van der Waals surface area contributed by atoms with E-state index in [1.807, 2.05) is 13.8 Å². The molecule has 0 fully saturated rings. The Hall–Kier alpha value is -0.790. The molecule has 0 unspecified atom stereocenters. The third kappa shape index (κ3) is 3.81. The highest BCUT2D eigenvalue weighted by molar-refractivity contribution is 5.92. The predicted molar refractivity (Wildman–Crippen MR) is 45.5 cm³/mol. The highest BCUT2D eigenvalue weighted by atomic mass is 16.3. The van der Waals surface area contributed by atoms with Crippen LogP contribution < -0.4 is 0 Å². The van der Waals surface area contributed by atoms with Gasteiger partial charge in [0.2, 0.25) is 0 Å². The minimum atomic E-state index is -0.0526. The lowest BCUT2D eigenvalue weighted by atomic mass is 10.0. The van der Waals surface area contributed by atoms with E-state index >= 15 is 0 Å². The van der Waals surface area contributed by atoms with Crippen LogP contribution in [0.25, 0.3) is 0 Å². The van der Waals surface area contributed by atoms with Crippen LogP contribution in [-0.4, -0.2) is 10.9 Å². The topological polar surface area (TPSA) is 37.3 Å². The summed E-state index contributed by atoms with van der Waals surface area (Å²) in [6.07, 6.45) is 0.589. The minimum Gasteiger partial charge on any atom is -0.512 e. The van der Waals surface area contributed by atoms with E-state index in [4.69, 9.17) is 0 Å². The molecule has 0 spiro atoms. The summed E-state index contributed by atoms with van der Waals surface area (Å²) in [5.74, 6) is 0.569. The molecular weight excluding hydrogens is 140 g/mol. The molecule has 0 aromatic rings. The first kappa shape index (κ1) is 10.2. The van der Waals surface area contributed by atoms with Gasteiger partial charge in [-0.3, -0.25) is 4.79 Å². The molecule has 1 N–H and O–H groups in total. The van der Waals surface area contributed by atoms with Gasteiger partial charge in [0.15, 0.2) is 5.78 Å². The van der Waals surface area contributed by atoms with Crippen LogP contribution in [0.15, 0.2) is 11.3 Å². The molecule has 0 aliphatic rings. The van der Waals surface area contributed by atoms with E-state index in [0.717, 1.165) is 0 Å². The van der Waals surface area contributed by atoms with Crippen molar-refractivity contribution in [3.8, 4) is 0 Å². The lowest BCUT2D eigenvalue weighted by Gasteiger charge is -2.05. The average molecular weight is 156 g/mol. The lowest BCUT2D eigenvalue weighted by molar-refractivity contribution is -0.113. The second kappa shape index (κ2) is 4.16. The van der Waals surface area contributed by atoms with Crippen molar-refractivity contribution in [3.05, 3.63) is 11.3 Å². The standard InChI is InChI=1S/C9H16O2/c1-6(2)5-9(11)7(3)8(4)10/h6,11H,5H2,1-4H3/b9-7-. The van der Waals surface area contributed by atoms with E-state index < -0.39 is 0 Å². The fraction of sp³-hybridized carbons (Fsp3) is 0.667. The van der Waals surface area contributed by atoms with Crippen LogP contribution in [0.2, 0.25) is 0 Å². The first-order valence-corrected chi connectivity index (χ1v) is 3.84. The number of hydrogen-bond donors (Lipinski definition) is 1. The number of rotatable bonds is 3. The van der Waals surface area contributed by atoms with Gasteiger partial charge in [0.1, 0.15) is 0 Å². The highest BCUT2D eigenvalue weighted by Crippen LogP contribution is 2.12. The molecular formula is C9H16O2. The van der Waals surface area contributed by atoms with E-state index in [1.165, 1.54) is 6.92 Å². The molecule has 0 heterocycles. The van der Waals surface area contributed by atoms with Gasteiger partial charge in [0.05, 0.1) is 5.76 Å². The van der Waals surface area contributed by atoms with Crippen LogP contribution in [-0.2, 0) is 4.79 Å². The Labute approximate surface area is 67.9 Å². The summed E-state index contributed by atoms with van der Waals surface area (Å²) in [4.78, 5) is 10.7. The number of aliphatic hydroxyl groups excluding tert-OH is 1. The van der Waals surface area contributed by atoms with Crippen LogP contribution in [0.1, 0.15) is 34.1 Å². The van der Waals surface area contributed by atoms with Crippen LogP contribution in [0.4, 0.5) is 0 Å². The molecule has 64 valence electrons. The van der Waals surface area contributed by atoms with Crippen LogP contribution in [0, 0.1) is 5.92 Å². The summed E-state index contributed by atoms with van der Waals surface area (Å²) in [7, 11) is 0. The maximum atomic E-state index is 10.7. The van der Waals surface area contributed by atoms with E-state index in [-0.39, 0.29) is 11.5 Å². The first-order valence-electron chi connectivity index (χ1n) is 3.84. The fourth-order valence-electron chi connectivity index (χ4n) is 0.743. The Bertz CT molecular complexity index is 178. The lowest BCUT2D eigenvalue weighted by Crippen LogP contribution is -2.00. The second-order valence-electron chi connectivity index (χ2n) is 3.23. The van der Waals surface area contributed by atoms with Gasteiger partial charge in [-0.15, -0.1) is 0 Å². The molecule has 0 radical (unpaired) electrons. The Kier molecular flexibility index (Phi) is 3.86. The molecule has 0 amide bonds.